The van der Waals surface area contributed by atoms with Gasteiger partial charge in [-0.1, -0.05) is 31.9 Å². The van der Waals surface area contributed by atoms with Crippen LogP contribution in [-0.4, -0.2) is 72.9 Å². The number of hydrogen-bond acceptors (Lipinski definition) is 19. The number of carbonyl (C=O) groups is 7. The van der Waals surface area contributed by atoms with E-state index in [9.17, 15) is 38.8 Å². The summed E-state index contributed by atoms with van der Waals surface area (Å²) in [6.07, 6.45) is 5.08. The minimum Gasteiger partial charge on any atom is -0.490 e. The van der Waals surface area contributed by atoms with Crippen LogP contribution in [-0.2, 0) is 47.8 Å². The van der Waals surface area contributed by atoms with Crippen LogP contribution >= 0.6 is 11.3 Å². The molecule has 1 atom stereocenters. The molecule has 5 aromatic rings. The van der Waals surface area contributed by atoms with E-state index in [0.29, 0.717) is 95.0 Å². The molecule has 2 aliphatic rings. The molecule has 0 saturated heterocycles. The summed E-state index contributed by atoms with van der Waals surface area (Å²) in [5.41, 5.74) is 1.45. The zero-order chi connectivity index (χ0) is 52.6. The van der Waals surface area contributed by atoms with Crippen molar-refractivity contribution in [3.05, 3.63) is 128 Å². The molecule has 7 rings (SSSR count). The maximum Gasteiger partial charge on any atom is 0.333 e. The summed E-state index contributed by atoms with van der Waals surface area (Å²) < 4.78 is 49.7. The first-order valence-electron chi connectivity index (χ1n) is 23.5. The molecule has 0 aliphatic heterocycles. The molecule has 74 heavy (non-hydrogen) atoms. The van der Waals surface area contributed by atoms with E-state index in [4.69, 9.17) is 47.6 Å². The van der Waals surface area contributed by atoms with Crippen molar-refractivity contribution in [2.24, 2.45) is 23.7 Å². The second kappa shape index (κ2) is 25.7. The van der Waals surface area contributed by atoms with Crippen molar-refractivity contribution in [2.45, 2.75) is 57.5 Å². The Kier molecular flexibility index (Phi) is 18.4. The standard InChI is InChI=1S/C55H50N2O16S/c1-4-46(58)66-31-43(69-48(60)6-3)30-65-39-19-23-41(24-20-39)70-52(61)35-11-15-37(16-12-35)54(63)72-44-27-28-45(50-49(44)57-51(74-50)34-9-7-33(29-56)8-10-34)73-55(64)38-17-13-36(14-18-38)53(62)71-42-25-21-40(22-26-42)67-32-68-47(59)5-2/h4-10,19-28,35-38,43H,1-3,11-18,30-32H2. The Labute approximate surface area is 429 Å². The third kappa shape index (κ3) is 14.5. The van der Waals surface area contributed by atoms with E-state index in [1.54, 1.807) is 78.9 Å². The molecule has 18 nitrogen and oxygen atoms in total. The SMILES string of the molecule is C=CC(=O)OCOc1ccc(OC(=O)C2CCC(C(=O)Oc3ccc(OC(=O)C4CCC(C(=O)Oc5ccc(OCC(COC(=O)C=C)OC(=O)C=C)cc5)CC4)c4nc(-c5ccc(C#N)cc5)sc34)CC2)cc1. The first kappa shape index (κ1) is 53.2. The third-order valence-electron chi connectivity index (χ3n) is 12.1. The van der Waals surface area contributed by atoms with E-state index in [-0.39, 0.29) is 37.3 Å². The van der Waals surface area contributed by atoms with E-state index < -0.39 is 71.6 Å². The number of fused-ring (bicyclic) bond motifs is 1. The monoisotopic (exact) mass is 1030 g/mol. The van der Waals surface area contributed by atoms with Gasteiger partial charge in [-0.15, -0.1) is 11.3 Å². The number of esters is 7. The van der Waals surface area contributed by atoms with E-state index in [2.05, 4.69) is 25.8 Å². The summed E-state index contributed by atoms with van der Waals surface area (Å²) in [6.45, 7) is 9.29. The summed E-state index contributed by atoms with van der Waals surface area (Å²) in [6, 6.07) is 24.5. The van der Waals surface area contributed by atoms with Crippen LogP contribution in [0.25, 0.3) is 20.8 Å². The van der Waals surface area contributed by atoms with Gasteiger partial charge >= 0.3 is 41.8 Å². The molecule has 0 radical (unpaired) electrons. The lowest BCUT2D eigenvalue weighted by atomic mass is 9.82. The molecule has 1 unspecified atom stereocenters. The van der Waals surface area contributed by atoms with Crippen molar-refractivity contribution in [1.29, 1.82) is 5.26 Å². The van der Waals surface area contributed by atoms with Crippen LogP contribution in [0.4, 0.5) is 0 Å². The van der Waals surface area contributed by atoms with Crippen LogP contribution in [0.15, 0.2) is 123 Å². The van der Waals surface area contributed by atoms with Crippen LogP contribution in [0.2, 0.25) is 0 Å². The minimum absolute atomic E-state index is 0.145. The second-order valence-corrected chi connectivity index (χ2v) is 18.0. The molecular formula is C55H50N2O16S. The lowest BCUT2D eigenvalue weighted by molar-refractivity contribution is -0.154. The number of thiazole rings is 1. The minimum atomic E-state index is -0.925. The summed E-state index contributed by atoms with van der Waals surface area (Å²) in [5, 5.41) is 9.89. The quantitative estimate of drug-likeness (QED) is 0.0219. The van der Waals surface area contributed by atoms with Crippen LogP contribution in [0.3, 0.4) is 0 Å². The van der Waals surface area contributed by atoms with Gasteiger partial charge < -0.3 is 42.6 Å². The van der Waals surface area contributed by atoms with Gasteiger partial charge in [-0.05, 0) is 124 Å². The number of nitrogens with zero attached hydrogens (tertiary/aromatic N) is 2. The largest absolute Gasteiger partial charge is 0.490 e. The maximum atomic E-state index is 13.7. The molecule has 382 valence electrons. The molecule has 0 N–H and O–H groups in total. The molecule has 1 heterocycles. The van der Waals surface area contributed by atoms with Gasteiger partial charge in [-0.25, -0.2) is 19.4 Å². The molecule has 0 bridgehead atoms. The molecule has 19 heteroatoms. The van der Waals surface area contributed by atoms with E-state index in [1.165, 1.54) is 17.4 Å². The van der Waals surface area contributed by atoms with Gasteiger partial charge in [-0.3, -0.25) is 19.2 Å². The van der Waals surface area contributed by atoms with Crippen molar-refractivity contribution in [1.82, 2.24) is 4.98 Å². The number of aromatic nitrogens is 1. The summed E-state index contributed by atoms with van der Waals surface area (Å²) >= 11 is 1.23. The summed E-state index contributed by atoms with van der Waals surface area (Å²) in [4.78, 5) is 93.0. The highest BCUT2D eigenvalue weighted by molar-refractivity contribution is 7.22. The normalized spacial score (nSPS) is 17.4. The topological polar surface area (TPSA) is 239 Å². The van der Waals surface area contributed by atoms with Gasteiger partial charge in [0.2, 0.25) is 6.79 Å². The fourth-order valence-corrected chi connectivity index (χ4v) is 9.06. The van der Waals surface area contributed by atoms with E-state index in [1.807, 2.05) is 0 Å². The fraction of sp³-hybridized carbons (Fsp3) is 0.291. The summed E-state index contributed by atoms with van der Waals surface area (Å²) in [7, 11) is 0. The summed E-state index contributed by atoms with van der Waals surface area (Å²) in [5.74, 6) is -4.09. The Balaban J connectivity index is 0.924. The van der Waals surface area contributed by atoms with Gasteiger partial charge in [0, 0.05) is 23.8 Å². The van der Waals surface area contributed by atoms with Crippen LogP contribution in [0.5, 0.6) is 34.5 Å². The van der Waals surface area contributed by atoms with Crippen molar-refractivity contribution in [3.63, 3.8) is 0 Å². The average Bonchev–Trinajstić information content (AvgIpc) is 3.89. The van der Waals surface area contributed by atoms with Gasteiger partial charge in [0.05, 0.1) is 35.3 Å². The number of benzene rings is 4. The lowest BCUT2D eigenvalue weighted by Gasteiger charge is -2.26. The lowest BCUT2D eigenvalue weighted by Crippen LogP contribution is -2.30. The van der Waals surface area contributed by atoms with Crippen LogP contribution in [0, 0.1) is 35.0 Å². The molecule has 4 aromatic carbocycles. The van der Waals surface area contributed by atoms with E-state index in [0.717, 1.165) is 18.2 Å². The number of nitriles is 1. The highest BCUT2D eigenvalue weighted by Crippen LogP contribution is 2.42. The first-order chi connectivity index (χ1) is 35.8. The highest BCUT2D eigenvalue weighted by Gasteiger charge is 2.35. The Morgan fingerprint density at radius 2 is 1.00 bits per heavy atom. The van der Waals surface area contributed by atoms with Crippen molar-refractivity contribution in [3.8, 4) is 51.1 Å². The molecular weight excluding hydrogens is 977 g/mol. The zero-order valence-corrected chi connectivity index (χ0v) is 40.8. The van der Waals surface area contributed by atoms with E-state index >= 15 is 0 Å². The number of ether oxygens (including phenoxy) is 9. The van der Waals surface area contributed by atoms with Crippen molar-refractivity contribution in [2.75, 3.05) is 20.0 Å². The smallest absolute Gasteiger partial charge is 0.333 e. The Bertz CT molecular complexity index is 2930. The molecule has 1 aromatic heterocycles. The van der Waals surface area contributed by atoms with Crippen molar-refractivity contribution < 1.29 is 76.2 Å². The molecule has 2 fully saturated rings. The highest BCUT2D eigenvalue weighted by atomic mass is 32.1. The number of hydrogen-bond donors (Lipinski definition) is 0. The first-order valence-corrected chi connectivity index (χ1v) is 24.3. The molecule has 0 spiro atoms. The van der Waals surface area contributed by atoms with Crippen LogP contribution in [0.1, 0.15) is 56.9 Å². The van der Waals surface area contributed by atoms with Gasteiger partial charge in [0.15, 0.2) is 17.6 Å². The Morgan fingerprint density at radius 3 is 1.50 bits per heavy atom. The number of carbonyl (C=O) groups excluding carboxylic acids is 7. The van der Waals surface area contributed by atoms with Gasteiger partial charge in [0.25, 0.3) is 0 Å². The Hall–Kier alpha value is -8.63. The van der Waals surface area contributed by atoms with Crippen LogP contribution < -0.4 is 28.4 Å². The van der Waals surface area contributed by atoms with Crippen molar-refractivity contribution >= 4 is 63.3 Å². The van der Waals surface area contributed by atoms with Gasteiger partial charge in [-0.2, -0.15) is 5.26 Å². The second-order valence-electron chi connectivity index (χ2n) is 17.0. The maximum absolute atomic E-state index is 13.7. The molecule has 0 amide bonds. The predicted octanol–water partition coefficient (Wildman–Crippen LogP) is 8.74. The predicted molar refractivity (Wildman–Crippen MR) is 265 cm³/mol. The van der Waals surface area contributed by atoms with Gasteiger partial charge in [0.1, 0.15) is 51.4 Å². The fourth-order valence-electron chi connectivity index (χ4n) is 8.02. The zero-order valence-electron chi connectivity index (χ0n) is 39.9. The average molecular weight is 1030 g/mol. The Morgan fingerprint density at radius 1 is 0.554 bits per heavy atom. The molecule has 2 saturated carbocycles. The number of rotatable bonds is 21. The molecule has 2 aliphatic carbocycles. The third-order valence-corrected chi connectivity index (χ3v) is 13.2.